The summed E-state index contributed by atoms with van der Waals surface area (Å²) in [5.74, 6) is -0.133. The molecule has 2 nitrogen and oxygen atoms in total. The fraction of sp³-hybridized carbons (Fsp3) is 0.625. The Kier molecular flexibility index (Phi) is 3.78. The second-order valence-corrected chi connectivity index (χ2v) is 6.07. The van der Waals surface area contributed by atoms with Crippen molar-refractivity contribution in [1.82, 2.24) is 10.2 Å². The third-order valence-corrected chi connectivity index (χ3v) is 5.10. The molecule has 0 radical (unpaired) electrons. The maximum atomic E-state index is 14.0. The van der Waals surface area contributed by atoms with Gasteiger partial charge in [0.15, 0.2) is 11.6 Å². The van der Waals surface area contributed by atoms with Crippen LogP contribution in [0.25, 0.3) is 0 Å². The molecule has 110 valence electrons. The van der Waals surface area contributed by atoms with Gasteiger partial charge in [-0.25, -0.2) is 8.78 Å². The zero-order valence-electron chi connectivity index (χ0n) is 12.1. The highest BCUT2D eigenvalue weighted by atomic mass is 19.2. The van der Waals surface area contributed by atoms with Crippen molar-refractivity contribution in [2.75, 3.05) is 19.6 Å². The highest BCUT2D eigenvalue weighted by Crippen LogP contribution is 2.39. The molecule has 2 aliphatic rings. The summed E-state index contributed by atoms with van der Waals surface area (Å²) in [6, 6.07) is 4.89. The molecule has 4 atom stereocenters. The minimum atomic E-state index is -0.747. The quantitative estimate of drug-likeness (QED) is 0.916. The average Bonchev–Trinajstić information content (AvgIpc) is 3.01. The molecular formula is C16H22F2N2. The lowest BCUT2D eigenvalue weighted by Crippen LogP contribution is -2.37. The van der Waals surface area contributed by atoms with E-state index in [2.05, 4.69) is 17.1 Å². The number of nitrogens with zero attached hydrogens (tertiary/aromatic N) is 1. The molecule has 2 fully saturated rings. The first-order valence-electron chi connectivity index (χ1n) is 7.53. The smallest absolute Gasteiger partial charge is 0.163 e. The van der Waals surface area contributed by atoms with Crippen LogP contribution in [0.1, 0.15) is 31.9 Å². The largest absolute Gasteiger partial charge is 0.316 e. The summed E-state index contributed by atoms with van der Waals surface area (Å²) >= 11 is 0. The van der Waals surface area contributed by atoms with E-state index in [0.29, 0.717) is 23.4 Å². The van der Waals surface area contributed by atoms with Gasteiger partial charge in [-0.05, 0) is 44.3 Å². The van der Waals surface area contributed by atoms with Crippen LogP contribution in [-0.2, 0) is 0 Å². The van der Waals surface area contributed by atoms with Crippen LogP contribution in [0, 0.1) is 23.5 Å². The number of likely N-dealkylation sites (tertiary alicyclic amines) is 1. The lowest BCUT2D eigenvalue weighted by Gasteiger charge is -2.32. The van der Waals surface area contributed by atoms with Gasteiger partial charge in [-0.2, -0.15) is 0 Å². The first kappa shape index (κ1) is 14.0. The van der Waals surface area contributed by atoms with Crippen LogP contribution >= 0.6 is 0 Å². The van der Waals surface area contributed by atoms with E-state index < -0.39 is 11.6 Å². The second-order valence-electron chi connectivity index (χ2n) is 6.07. The molecule has 0 bridgehead atoms. The van der Waals surface area contributed by atoms with E-state index >= 15 is 0 Å². The Morgan fingerprint density at radius 2 is 2.15 bits per heavy atom. The van der Waals surface area contributed by atoms with E-state index in [1.165, 1.54) is 6.07 Å². The molecule has 2 heterocycles. The zero-order chi connectivity index (χ0) is 14.3. The zero-order valence-corrected chi connectivity index (χ0v) is 12.1. The summed E-state index contributed by atoms with van der Waals surface area (Å²) in [6.45, 7) is 7.27. The van der Waals surface area contributed by atoms with Crippen molar-refractivity contribution in [2.45, 2.75) is 32.4 Å². The van der Waals surface area contributed by atoms with Gasteiger partial charge in [-0.15, -0.1) is 0 Å². The maximum Gasteiger partial charge on any atom is 0.163 e. The Labute approximate surface area is 119 Å². The van der Waals surface area contributed by atoms with Crippen molar-refractivity contribution in [1.29, 1.82) is 0 Å². The van der Waals surface area contributed by atoms with Crippen molar-refractivity contribution in [2.24, 2.45) is 11.8 Å². The number of halogens is 2. The monoisotopic (exact) mass is 280 g/mol. The number of fused-ring (bicyclic) bond motifs is 1. The molecule has 1 N–H and O–H groups in total. The molecule has 0 aromatic heterocycles. The van der Waals surface area contributed by atoms with E-state index in [1.807, 2.05) is 6.92 Å². The molecule has 2 saturated heterocycles. The van der Waals surface area contributed by atoms with E-state index in [-0.39, 0.29) is 6.04 Å². The first-order valence-corrected chi connectivity index (χ1v) is 7.53. The molecular weight excluding hydrogens is 258 g/mol. The fourth-order valence-corrected chi connectivity index (χ4v) is 4.06. The molecule has 0 saturated carbocycles. The van der Waals surface area contributed by atoms with Crippen LogP contribution < -0.4 is 5.32 Å². The van der Waals surface area contributed by atoms with Gasteiger partial charge in [0.05, 0.1) is 0 Å². The summed E-state index contributed by atoms with van der Waals surface area (Å²) in [5, 5.41) is 3.45. The van der Waals surface area contributed by atoms with Crippen LogP contribution in [0.5, 0.6) is 0 Å². The number of benzene rings is 1. The van der Waals surface area contributed by atoms with Crippen molar-refractivity contribution in [3.63, 3.8) is 0 Å². The van der Waals surface area contributed by atoms with Gasteiger partial charge in [0.2, 0.25) is 0 Å². The van der Waals surface area contributed by atoms with Gasteiger partial charge >= 0.3 is 0 Å². The van der Waals surface area contributed by atoms with Crippen molar-refractivity contribution in [3.8, 4) is 0 Å². The predicted octanol–water partition coefficient (Wildman–Crippen LogP) is 2.96. The van der Waals surface area contributed by atoms with Crippen molar-refractivity contribution in [3.05, 3.63) is 35.4 Å². The van der Waals surface area contributed by atoms with Crippen LogP contribution in [0.3, 0.4) is 0 Å². The third kappa shape index (κ3) is 2.15. The Bertz CT molecular complexity index is 491. The van der Waals surface area contributed by atoms with Gasteiger partial charge in [-0.3, -0.25) is 4.90 Å². The van der Waals surface area contributed by atoms with Crippen molar-refractivity contribution < 1.29 is 8.78 Å². The Hall–Kier alpha value is -1.00. The standard InChI is InChI=1S/C16H22F2N2/c1-3-15-13-8-19-7-11(13)9-20(15)10(2)12-5-4-6-14(17)16(12)18/h4-6,10-11,13,15,19H,3,7-9H2,1-2H3. The van der Waals surface area contributed by atoms with Gasteiger partial charge in [0, 0.05) is 24.2 Å². The van der Waals surface area contributed by atoms with E-state index in [4.69, 9.17) is 0 Å². The lowest BCUT2D eigenvalue weighted by molar-refractivity contribution is 0.162. The highest BCUT2D eigenvalue weighted by molar-refractivity contribution is 5.23. The van der Waals surface area contributed by atoms with Gasteiger partial charge in [0.25, 0.3) is 0 Å². The molecule has 2 aliphatic heterocycles. The lowest BCUT2D eigenvalue weighted by atomic mass is 9.92. The van der Waals surface area contributed by atoms with Crippen LogP contribution in [0.2, 0.25) is 0 Å². The molecule has 20 heavy (non-hydrogen) atoms. The summed E-state index contributed by atoms with van der Waals surface area (Å²) in [7, 11) is 0. The summed E-state index contributed by atoms with van der Waals surface area (Å²) in [6.07, 6.45) is 1.06. The average molecular weight is 280 g/mol. The van der Waals surface area contributed by atoms with Crippen molar-refractivity contribution >= 4 is 0 Å². The maximum absolute atomic E-state index is 14.0. The number of rotatable bonds is 3. The summed E-state index contributed by atoms with van der Waals surface area (Å²) < 4.78 is 27.4. The first-order chi connectivity index (χ1) is 9.63. The summed E-state index contributed by atoms with van der Waals surface area (Å²) in [5.41, 5.74) is 0.483. The van der Waals surface area contributed by atoms with Crippen LogP contribution in [-0.4, -0.2) is 30.6 Å². The SMILES string of the molecule is CCC1C2CNCC2CN1C(C)c1cccc(F)c1F. The van der Waals surface area contributed by atoms with Gasteiger partial charge in [0.1, 0.15) is 0 Å². The molecule has 0 aliphatic carbocycles. The van der Waals surface area contributed by atoms with E-state index in [9.17, 15) is 8.78 Å². The number of nitrogens with one attached hydrogen (secondary N) is 1. The summed E-state index contributed by atoms with van der Waals surface area (Å²) in [4.78, 5) is 2.37. The molecule has 3 rings (SSSR count). The van der Waals surface area contributed by atoms with Gasteiger partial charge < -0.3 is 5.32 Å². The second kappa shape index (κ2) is 5.41. The Morgan fingerprint density at radius 1 is 1.35 bits per heavy atom. The normalized spacial score (nSPS) is 31.5. The highest BCUT2D eigenvalue weighted by Gasteiger charge is 2.45. The minimum absolute atomic E-state index is 0.0683. The Morgan fingerprint density at radius 3 is 2.90 bits per heavy atom. The fourth-order valence-electron chi connectivity index (χ4n) is 4.06. The predicted molar refractivity (Wildman–Crippen MR) is 75.4 cm³/mol. The molecule has 4 heteroatoms. The van der Waals surface area contributed by atoms with Gasteiger partial charge in [-0.1, -0.05) is 19.1 Å². The molecule has 4 unspecified atom stereocenters. The number of hydrogen-bond donors (Lipinski definition) is 1. The van der Waals surface area contributed by atoms with E-state index in [0.717, 1.165) is 26.1 Å². The molecule has 0 spiro atoms. The molecule has 1 aromatic carbocycles. The van der Waals surface area contributed by atoms with E-state index in [1.54, 1.807) is 12.1 Å². The van der Waals surface area contributed by atoms with Crippen LogP contribution in [0.4, 0.5) is 8.78 Å². The minimum Gasteiger partial charge on any atom is -0.316 e. The number of hydrogen-bond acceptors (Lipinski definition) is 2. The third-order valence-electron chi connectivity index (χ3n) is 5.10. The molecule has 1 aromatic rings. The Balaban J connectivity index is 1.86. The molecule has 0 amide bonds. The topological polar surface area (TPSA) is 15.3 Å². The van der Waals surface area contributed by atoms with Crippen LogP contribution in [0.15, 0.2) is 18.2 Å².